The molecule has 1 fully saturated rings. The van der Waals surface area contributed by atoms with E-state index < -0.39 is 0 Å². The van der Waals surface area contributed by atoms with Gasteiger partial charge in [-0.05, 0) is 29.3 Å². The number of hydrogen-bond donors (Lipinski definition) is 1. The number of ether oxygens (including phenoxy) is 1. The molecule has 0 saturated carbocycles. The molecule has 5 heteroatoms. The summed E-state index contributed by atoms with van der Waals surface area (Å²) in [6.07, 6.45) is 0. The topological polar surface area (TPSA) is 48.3 Å². The molecule has 2 aromatic carbocycles. The van der Waals surface area contributed by atoms with Crippen molar-refractivity contribution < 1.29 is 4.74 Å². The van der Waals surface area contributed by atoms with Crippen molar-refractivity contribution in [2.24, 2.45) is 0 Å². The van der Waals surface area contributed by atoms with Gasteiger partial charge in [-0.15, -0.1) is 0 Å². The quantitative estimate of drug-likeness (QED) is 0.901. The minimum Gasteiger partial charge on any atom is -0.380 e. The molecule has 2 aromatic rings. The number of halogens is 1. The summed E-state index contributed by atoms with van der Waals surface area (Å²) in [5.41, 5.74) is 3.86. The van der Waals surface area contributed by atoms with Crippen LogP contribution in [0.1, 0.15) is 16.7 Å². The molecule has 0 radical (unpaired) electrons. The summed E-state index contributed by atoms with van der Waals surface area (Å²) in [5.74, 6) is 0. The van der Waals surface area contributed by atoms with Crippen LogP contribution in [-0.4, -0.2) is 31.2 Å². The van der Waals surface area contributed by atoms with Gasteiger partial charge in [0.2, 0.25) is 0 Å². The first-order chi connectivity index (χ1) is 11.7. The monoisotopic (exact) mass is 341 g/mol. The highest BCUT2D eigenvalue weighted by molar-refractivity contribution is 6.30. The summed E-state index contributed by atoms with van der Waals surface area (Å²) >= 11 is 5.92. The minimum absolute atomic E-state index is 0.562. The van der Waals surface area contributed by atoms with Crippen LogP contribution in [-0.2, 0) is 17.8 Å². The van der Waals surface area contributed by atoms with Crippen LogP contribution >= 0.6 is 11.6 Å². The number of nitrogens with one attached hydrogen (secondary N) is 1. The molecule has 1 aliphatic rings. The van der Waals surface area contributed by atoms with Crippen molar-refractivity contribution >= 4 is 17.3 Å². The maximum absolute atomic E-state index is 9.17. The molecule has 0 unspecified atom stereocenters. The SMILES string of the molecule is N#Cc1cc(Cl)ccc1NCc1ccc(CN2CCOCC2)cc1. The van der Waals surface area contributed by atoms with E-state index in [0.29, 0.717) is 17.1 Å². The molecule has 1 saturated heterocycles. The van der Waals surface area contributed by atoms with Crippen LogP contribution in [0.2, 0.25) is 5.02 Å². The second-order valence-corrected chi connectivity index (χ2v) is 6.30. The Kier molecular flexibility index (Phi) is 5.71. The summed E-state index contributed by atoms with van der Waals surface area (Å²) in [6.45, 7) is 5.28. The van der Waals surface area contributed by atoms with E-state index in [1.54, 1.807) is 12.1 Å². The molecule has 1 heterocycles. The Hall–Kier alpha value is -2.06. The van der Waals surface area contributed by atoms with Crippen LogP contribution in [0.3, 0.4) is 0 Å². The van der Waals surface area contributed by atoms with Crippen LogP contribution in [0.25, 0.3) is 0 Å². The van der Waals surface area contributed by atoms with Gasteiger partial charge in [-0.2, -0.15) is 5.26 Å². The first kappa shape index (κ1) is 16.8. The maximum Gasteiger partial charge on any atom is 0.101 e. The van der Waals surface area contributed by atoms with E-state index in [4.69, 9.17) is 16.3 Å². The first-order valence-corrected chi connectivity index (χ1v) is 8.44. The lowest BCUT2D eigenvalue weighted by molar-refractivity contribution is 0.0342. The Balaban J connectivity index is 1.57. The predicted molar refractivity (Wildman–Crippen MR) is 96.0 cm³/mol. The van der Waals surface area contributed by atoms with Crippen molar-refractivity contribution in [3.8, 4) is 6.07 Å². The number of morpholine rings is 1. The summed E-state index contributed by atoms with van der Waals surface area (Å²) in [4.78, 5) is 2.41. The summed E-state index contributed by atoms with van der Waals surface area (Å²) in [7, 11) is 0. The van der Waals surface area contributed by atoms with Gasteiger partial charge in [-0.25, -0.2) is 0 Å². The normalized spacial score (nSPS) is 15.0. The van der Waals surface area contributed by atoms with E-state index in [2.05, 4.69) is 40.6 Å². The largest absolute Gasteiger partial charge is 0.380 e. The molecular formula is C19H20ClN3O. The van der Waals surface area contributed by atoms with Gasteiger partial charge in [0.05, 0.1) is 24.5 Å². The third-order valence-electron chi connectivity index (χ3n) is 4.12. The lowest BCUT2D eigenvalue weighted by atomic mass is 10.1. The highest BCUT2D eigenvalue weighted by atomic mass is 35.5. The van der Waals surface area contributed by atoms with Gasteiger partial charge in [0, 0.05) is 31.2 Å². The van der Waals surface area contributed by atoms with Gasteiger partial charge < -0.3 is 10.1 Å². The highest BCUT2D eigenvalue weighted by Gasteiger charge is 2.10. The van der Waals surface area contributed by atoms with Crippen LogP contribution in [0, 0.1) is 11.3 Å². The fourth-order valence-electron chi connectivity index (χ4n) is 2.74. The van der Waals surface area contributed by atoms with E-state index in [1.165, 1.54) is 11.1 Å². The van der Waals surface area contributed by atoms with E-state index in [9.17, 15) is 5.26 Å². The molecule has 0 aliphatic carbocycles. The van der Waals surface area contributed by atoms with Crippen molar-refractivity contribution in [2.45, 2.75) is 13.1 Å². The van der Waals surface area contributed by atoms with E-state index in [-0.39, 0.29) is 0 Å². The molecule has 0 amide bonds. The van der Waals surface area contributed by atoms with Crippen molar-refractivity contribution in [2.75, 3.05) is 31.6 Å². The summed E-state index contributed by atoms with van der Waals surface area (Å²) in [6, 6.07) is 16.1. The molecule has 0 aromatic heterocycles. The van der Waals surface area contributed by atoms with Crippen molar-refractivity contribution in [3.05, 3.63) is 64.2 Å². The number of rotatable bonds is 5. The molecule has 3 rings (SSSR count). The van der Waals surface area contributed by atoms with Crippen molar-refractivity contribution in [1.82, 2.24) is 4.90 Å². The summed E-state index contributed by atoms with van der Waals surface area (Å²) < 4.78 is 5.38. The number of nitriles is 1. The molecule has 0 atom stereocenters. The van der Waals surface area contributed by atoms with Gasteiger partial charge in [0.1, 0.15) is 6.07 Å². The van der Waals surface area contributed by atoms with E-state index >= 15 is 0 Å². The van der Waals surface area contributed by atoms with E-state index in [1.807, 2.05) is 6.07 Å². The van der Waals surface area contributed by atoms with Crippen molar-refractivity contribution in [3.63, 3.8) is 0 Å². The second kappa shape index (κ2) is 8.16. The fraction of sp³-hybridized carbons (Fsp3) is 0.316. The number of nitrogens with zero attached hydrogens (tertiary/aromatic N) is 2. The van der Waals surface area contributed by atoms with E-state index in [0.717, 1.165) is 38.5 Å². The molecule has 4 nitrogen and oxygen atoms in total. The van der Waals surface area contributed by atoms with Crippen LogP contribution in [0.15, 0.2) is 42.5 Å². The van der Waals surface area contributed by atoms with Gasteiger partial charge in [0.25, 0.3) is 0 Å². The van der Waals surface area contributed by atoms with Gasteiger partial charge >= 0.3 is 0 Å². The Morgan fingerprint density at radius 3 is 2.50 bits per heavy atom. The van der Waals surface area contributed by atoms with Crippen molar-refractivity contribution in [1.29, 1.82) is 5.26 Å². The molecule has 124 valence electrons. The zero-order chi connectivity index (χ0) is 16.8. The maximum atomic E-state index is 9.17. The molecule has 0 bridgehead atoms. The van der Waals surface area contributed by atoms with Gasteiger partial charge in [-0.3, -0.25) is 4.90 Å². The molecular weight excluding hydrogens is 322 g/mol. The lowest BCUT2D eigenvalue weighted by Gasteiger charge is -2.26. The Labute approximate surface area is 147 Å². The third-order valence-corrected chi connectivity index (χ3v) is 4.35. The van der Waals surface area contributed by atoms with Crippen LogP contribution < -0.4 is 5.32 Å². The van der Waals surface area contributed by atoms with Crippen LogP contribution in [0.4, 0.5) is 5.69 Å². The standard InChI is InChI=1S/C19H20ClN3O/c20-18-5-6-19(17(11-18)12-21)22-13-15-1-3-16(4-2-15)14-23-7-9-24-10-8-23/h1-6,11,22H,7-10,13-14H2. The summed E-state index contributed by atoms with van der Waals surface area (Å²) in [5, 5.41) is 13.0. The predicted octanol–water partition coefficient (Wildman–Crippen LogP) is 3.66. The first-order valence-electron chi connectivity index (χ1n) is 8.06. The average molecular weight is 342 g/mol. The molecule has 24 heavy (non-hydrogen) atoms. The van der Waals surface area contributed by atoms with Crippen LogP contribution in [0.5, 0.6) is 0 Å². The number of anilines is 1. The molecule has 1 N–H and O–H groups in total. The number of benzene rings is 2. The number of hydrogen-bond acceptors (Lipinski definition) is 4. The molecule has 0 spiro atoms. The Morgan fingerprint density at radius 1 is 1.08 bits per heavy atom. The lowest BCUT2D eigenvalue weighted by Crippen LogP contribution is -2.35. The zero-order valence-electron chi connectivity index (χ0n) is 13.5. The second-order valence-electron chi connectivity index (χ2n) is 5.86. The molecule has 1 aliphatic heterocycles. The van der Waals surface area contributed by atoms with Gasteiger partial charge in [0.15, 0.2) is 0 Å². The fourth-order valence-corrected chi connectivity index (χ4v) is 2.91. The smallest absolute Gasteiger partial charge is 0.101 e. The zero-order valence-corrected chi connectivity index (χ0v) is 14.2. The van der Waals surface area contributed by atoms with Gasteiger partial charge in [-0.1, -0.05) is 35.9 Å². The highest BCUT2D eigenvalue weighted by Crippen LogP contribution is 2.20. The Bertz CT molecular complexity index is 718. The third kappa shape index (κ3) is 4.48. The minimum atomic E-state index is 0.562. The average Bonchev–Trinajstić information content (AvgIpc) is 2.62. The Morgan fingerprint density at radius 2 is 1.79 bits per heavy atom.